The lowest BCUT2D eigenvalue weighted by molar-refractivity contribution is -0.160. The predicted molar refractivity (Wildman–Crippen MR) is 76.6 cm³/mol. The van der Waals surface area contributed by atoms with Gasteiger partial charge in [0.05, 0.1) is 18.6 Å². The summed E-state index contributed by atoms with van der Waals surface area (Å²) in [6, 6.07) is 2.82. The van der Waals surface area contributed by atoms with Gasteiger partial charge in [-0.15, -0.1) is 0 Å². The molecule has 0 saturated heterocycles. The molecule has 128 valence electrons. The Morgan fingerprint density at radius 3 is 2.52 bits per heavy atom. The highest BCUT2D eigenvalue weighted by atomic mass is 35.5. The molecule has 0 bridgehead atoms. The molecule has 2 N–H and O–H groups in total. The standard InChI is InChI=1S/C14H15ClF3NO4/c1-23-11-4-2-8(6-9(11)15)3-5-12(20)19-10(13(21)22)7-14(16,17)18/h2,4,6,10H,3,5,7H2,1H3,(H,19,20)(H,21,22). The smallest absolute Gasteiger partial charge is 0.391 e. The van der Waals surface area contributed by atoms with E-state index in [1.165, 1.54) is 7.11 Å². The van der Waals surface area contributed by atoms with Gasteiger partial charge in [0.2, 0.25) is 5.91 Å². The molecule has 0 heterocycles. The molecule has 9 heteroatoms. The molecule has 0 radical (unpaired) electrons. The minimum atomic E-state index is -4.68. The van der Waals surface area contributed by atoms with E-state index in [0.29, 0.717) is 16.3 Å². The first kappa shape index (κ1) is 19.1. The second kappa shape index (κ2) is 8.05. The topological polar surface area (TPSA) is 75.6 Å². The van der Waals surface area contributed by atoms with E-state index in [2.05, 4.69) is 0 Å². The molecule has 0 spiro atoms. The van der Waals surface area contributed by atoms with Crippen molar-refractivity contribution in [3.05, 3.63) is 28.8 Å². The maximum absolute atomic E-state index is 12.2. The molecule has 1 amide bonds. The molecular weight excluding hydrogens is 339 g/mol. The van der Waals surface area contributed by atoms with E-state index in [0.717, 1.165) is 0 Å². The zero-order valence-corrected chi connectivity index (χ0v) is 12.9. The molecule has 5 nitrogen and oxygen atoms in total. The minimum absolute atomic E-state index is 0.162. The maximum Gasteiger partial charge on any atom is 0.391 e. The third-order valence-corrected chi connectivity index (χ3v) is 3.22. The van der Waals surface area contributed by atoms with Gasteiger partial charge in [0.1, 0.15) is 11.8 Å². The Bertz CT molecular complexity index is 578. The summed E-state index contributed by atoms with van der Waals surface area (Å²) in [6.45, 7) is 0. The second-order valence-electron chi connectivity index (χ2n) is 4.75. The molecular formula is C14H15ClF3NO4. The van der Waals surface area contributed by atoms with Crippen molar-refractivity contribution in [2.75, 3.05) is 7.11 Å². The summed E-state index contributed by atoms with van der Waals surface area (Å²) in [6.07, 6.45) is -6.26. The molecule has 0 saturated carbocycles. The van der Waals surface area contributed by atoms with E-state index in [-0.39, 0.29) is 12.8 Å². The van der Waals surface area contributed by atoms with E-state index in [4.69, 9.17) is 21.4 Å². The lowest BCUT2D eigenvalue weighted by Crippen LogP contribution is -2.43. The molecule has 0 fully saturated rings. The molecule has 0 aliphatic carbocycles. The zero-order chi connectivity index (χ0) is 17.6. The van der Waals surface area contributed by atoms with E-state index in [1.807, 2.05) is 5.32 Å². The second-order valence-corrected chi connectivity index (χ2v) is 5.15. The Morgan fingerprint density at radius 1 is 1.39 bits per heavy atom. The number of halogens is 4. The van der Waals surface area contributed by atoms with Crippen LogP contribution in [0.4, 0.5) is 13.2 Å². The number of carbonyl (C=O) groups excluding carboxylic acids is 1. The van der Waals surface area contributed by atoms with Crippen molar-refractivity contribution in [3.8, 4) is 5.75 Å². The van der Waals surface area contributed by atoms with Crippen LogP contribution in [0.3, 0.4) is 0 Å². The number of hydrogen-bond donors (Lipinski definition) is 2. The van der Waals surface area contributed by atoms with E-state index >= 15 is 0 Å². The highest BCUT2D eigenvalue weighted by molar-refractivity contribution is 6.32. The average Bonchev–Trinajstić information content (AvgIpc) is 2.43. The highest BCUT2D eigenvalue weighted by Crippen LogP contribution is 2.25. The van der Waals surface area contributed by atoms with Crippen molar-refractivity contribution in [1.82, 2.24) is 5.32 Å². The number of alkyl halides is 3. The van der Waals surface area contributed by atoms with Crippen molar-refractivity contribution in [2.45, 2.75) is 31.5 Å². The quantitative estimate of drug-likeness (QED) is 0.790. The maximum atomic E-state index is 12.2. The molecule has 1 rings (SSSR count). The van der Waals surface area contributed by atoms with Gasteiger partial charge < -0.3 is 15.2 Å². The Kier molecular flexibility index (Phi) is 6.68. The number of carboxylic acids is 1. The summed E-state index contributed by atoms with van der Waals surface area (Å²) in [7, 11) is 1.45. The molecule has 0 aliphatic rings. The third-order valence-electron chi connectivity index (χ3n) is 2.93. The lowest BCUT2D eigenvalue weighted by atomic mass is 10.1. The van der Waals surface area contributed by atoms with Gasteiger partial charge in [-0.2, -0.15) is 13.2 Å². The van der Waals surface area contributed by atoms with E-state index in [9.17, 15) is 22.8 Å². The first-order valence-electron chi connectivity index (χ1n) is 6.53. The lowest BCUT2D eigenvalue weighted by Gasteiger charge is -2.16. The van der Waals surface area contributed by atoms with Gasteiger partial charge in [-0.3, -0.25) is 4.79 Å². The van der Waals surface area contributed by atoms with Crippen molar-refractivity contribution in [3.63, 3.8) is 0 Å². The predicted octanol–water partition coefficient (Wildman–Crippen LogP) is 2.80. The van der Waals surface area contributed by atoms with Gasteiger partial charge in [-0.05, 0) is 24.1 Å². The van der Waals surface area contributed by atoms with E-state index in [1.54, 1.807) is 18.2 Å². The van der Waals surface area contributed by atoms with Crippen LogP contribution >= 0.6 is 11.6 Å². The van der Waals surface area contributed by atoms with Gasteiger partial charge >= 0.3 is 12.1 Å². The number of benzene rings is 1. The van der Waals surface area contributed by atoms with Crippen LogP contribution in [0.15, 0.2) is 18.2 Å². The summed E-state index contributed by atoms with van der Waals surface area (Å²) in [5.41, 5.74) is 0.675. The van der Waals surface area contributed by atoms with Crippen LogP contribution in [0.25, 0.3) is 0 Å². The summed E-state index contributed by atoms with van der Waals surface area (Å²) in [5.74, 6) is -2.06. The molecule has 1 aromatic rings. The minimum Gasteiger partial charge on any atom is -0.495 e. The van der Waals surface area contributed by atoms with E-state index < -0.39 is 30.5 Å². The fourth-order valence-corrected chi connectivity index (χ4v) is 2.10. The molecule has 0 aliphatic heterocycles. The highest BCUT2D eigenvalue weighted by Gasteiger charge is 2.36. The monoisotopic (exact) mass is 353 g/mol. The third kappa shape index (κ3) is 6.77. The number of nitrogens with one attached hydrogen (secondary N) is 1. The fourth-order valence-electron chi connectivity index (χ4n) is 1.82. The van der Waals surface area contributed by atoms with Crippen LogP contribution in [0.5, 0.6) is 5.75 Å². The first-order chi connectivity index (χ1) is 10.6. The van der Waals surface area contributed by atoms with Crippen LogP contribution < -0.4 is 10.1 Å². The normalized spacial score (nSPS) is 12.6. The number of hydrogen-bond acceptors (Lipinski definition) is 3. The van der Waals surface area contributed by atoms with Gasteiger partial charge in [-0.25, -0.2) is 4.79 Å². The summed E-state index contributed by atoms with van der Waals surface area (Å²) in [5, 5.41) is 10.9. The Hall–Kier alpha value is -1.96. The SMILES string of the molecule is COc1ccc(CCC(=O)NC(CC(F)(F)F)C(=O)O)cc1Cl. The average molecular weight is 354 g/mol. The van der Waals surface area contributed by atoms with Crippen LogP contribution in [-0.4, -0.2) is 36.3 Å². The Labute approximate surface area is 135 Å². The van der Waals surface area contributed by atoms with Gasteiger partial charge in [-0.1, -0.05) is 17.7 Å². The van der Waals surface area contributed by atoms with Crippen molar-refractivity contribution in [2.24, 2.45) is 0 Å². The van der Waals surface area contributed by atoms with Crippen molar-refractivity contribution >= 4 is 23.5 Å². The van der Waals surface area contributed by atoms with Crippen LogP contribution in [-0.2, 0) is 16.0 Å². The largest absolute Gasteiger partial charge is 0.495 e. The number of rotatable bonds is 7. The molecule has 1 unspecified atom stereocenters. The summed E-state index contributed by atoms with van der Waals surface area (Å²) >= 11 is 5.92. The van der Waals surface area contributed by atoms with Gasteiger partial charge in [0.15, 0.2) is 0 Å². The van der Waals surface area contributed by atoms with Gasteiger partial charge in [0.25, 0.3) is 0 Å². The van der Waals surface area contributed by atoms with Crippen LogP contribution in [0, 0.1) is 0 Å². The number of carbonyl (C=O) groups is 2. The van der Waals surface area contributed by atoms with Crippen LogP contribution in [0.2, 0.25) is 5.02 Å². The molecule has 1 aromatic carbocycles. The Balaban J connectivity index is 2.58. The molecule has 0 aromatic heterocycles. The first-order valence-corrected chi connectivity index (χ1v) is 6.91. The van der Waals surface area contributed by atoms with Crippen molar-refractivity contribution < 1.29 is 32.6 Å². The number of methoxy groups -OCH3 is 1. The Morgan fingerprint density at radius 2 is 2.04 bits per heavy atom. The fraction of sp³-hybridized carbons (Fsp3) is 0.429. The van der Waals surface area contributed by atoms with Gasteiger partial charge in [0, 0.05) is 6.42 Å². The summed E-state index contributed by atoms with van der Waals surface area (Å²) < 4.78 is 41.7. The van der Waals surface area contributed by atoms with Crippen molar-refractivity contribution in [1.29, 1.82) is 0 Å². The number of amides is 1. The zero-order valence-electron chi connectivity index (χ0n) is 12.1. The molecule has 23 heavy (non-hydrogen) atoms. The summed E-state index contributed by atoms with van der Waals surface area (Å²) in [4.78, 5) is 22.4. The van der Waals surface area contributed by atoms with Crippen LogP contribution in [0.1, 0.15) is 18.4 Å². The number of carboxylic acid groups (broad SMARTS) is 1. The number of aliphatic carboxylic acids is 1. The number of aryl methyl sites for hydroxylation is 1. The molecule has 1 atom stereocenters. The number of ether oxygens (including phenoxy) is 1.